The second-order valence-corrected chi connectivity index (χ2v) is 13.7. The number of nitrogens with zero attached hydrogens (tertiary/aromatic N) is 5. The number of nitrogens with one attached hydrogen (secondary N) is 1. The Morgan fingerprint density at radius 2 is 1.96 bits per heavy atom. The van der Waals surface area contributed by atoms with Crippen molar-refractivity contribution in [1.82, 2.24) is 25.0 Å². The molecule has 2 heterocycles. The summed E-state index contributed by atoms with van der Waals surface area (Å²) in [4.78, 5) is 29.0. The van der Waals surface area contributed by atoms with Crippen molar-refractivity contribution >= 4 is 17.7 Å². The summed E-state index contributed by atoms with van der Waals surface area (Å²) < 4.78 is 50.5. The monoisotopic (exact) mass is 650 g/mol. The van der Waals surface area contributed by atoms with Crippen LogP contribution in [0.1, 0.15) is 85.4 Å². The largest absolute Gasteiger partial charge is 0.444 e. The van der Waals surface area contributed by atoms with Crippen LogP contribution in [-0.4, -0.2) is 56.9 Å². The maximum absolute atomic E-state index is 14.5. The Labute approximate surface area is 273 Å². The Balaban J connectivity index is 1.37. The van der Waals surface area contributed by atoms with Gasteiger partial charge in [0, 0.05) is 37.9 Å². The van der Waals surface area contributed by atoms with Gasteiger partial charge in [0.05, 0.1) is 24.1 Å². The van der Waals surface area contributed by atoms with Crippen LogP contribution in [0, 0.1) is 18.3 Å². The van der Waals surface area contributed by atoms with Gasteiger partial charge in [-0.25, -0.2) is 4.79 Å². The lowest BCUT2D eigenvalue weighted by molar-refractivity contribution is -0.138. The Kier molecular flexibility index (Phi) is 9.42. The zero-order valence-electron chi connectivity index (χ0n) is 27.4. The minimum absolute atomic E-state index is 0.0350. The molecule has 1 saturated carbocycles. The van der Waals surface area contributed by atoms with Crippen molar-refractivity contribution in [1.29, 1.82) is 0 Å². The van der Waals surface area contributed by atoms with E-state index in [9.17, 15) is 22.8 Å². The van der Waals surface area contributed by atoms with Crippen molar-refractivity contribution < 1.29 is 27.5 Å². The summed E-state index contributed by atoms with van der Waals surface area (Å²) in [5, 5.41) is 11.1. The molecule has 0 atom stereocenters. The molecule has 5 rings (SSSR count). The van der Waals surface area contributed by atoms with Crippen molar-refractivity contribution in [2.75, 3.05) is 24.5 Å². The van der Waals surface area contributed by atoms with Gasteiger partial charge in [-0.15, -0.1) is 16.6 Å². The van der Waals surface area contributed by atoms with Gasteiger partial charge in [0.15, 0.2) is 0 Å². The van der Waals surface area contributed by atoms with Gasteiger partial charge in [0.1, 0.15) is 17.8 Å². The minimum atomic E-state index is -4.66. The van der Waals surface area contributed by atoms with E-state index >= 15 is 0 Å². The molecule has 0 radical (unpaired) electrons. The number of fused-ring (bicyclic) bond motifs is 1. The molecule has 1 aromatic heterocycles. The number of carbonyl (C=O) groups is 2. The molecule has 9 nitrogen and oxygen atoms in total. The fourth-order valence-electron chi connectivity index (χ4n) is 6.79. The van der Waals surface area contributed by atoms with Crippen LogP contribution < -0.4 is 10.2 Å². The van der Waals surface area contributed by atoms with Crippen LogP contribution in [-0.2, 0) is 36.5 Å². The number of amides is 2. The topological polar surface area (TPSA) is 92.6 Å². The minimum Gasteiger partial charge on any atom is -0.444 e. The summed E-state index contributed by atoms with van der Waals surface area (Å²) in [7, 11) is 1.90. The maximum atomic E-state index is 14.5. The van der Waals surface area contributed by atoms with E-state index in [2.05, 4.69) is 28.4 Å². The number of terminal acetylenes is 1. The average molecular weight is 651 g/mol. The highest BCUT2D eigenvalue weighted by Gasteiger charge is 2.48. The lowest BCUT2D eigenvalue weighted by Crippen LogP contribution is -2.43. The number of hydrogen-bond acceptors (Lipinski definition) is 6. The molecule has 2 amide bonds. The number of halogens is 3. The van der Waals surface area contributed by atoms with E-state index in [1.807, 2.05) is 34.7 Å². The van der Waals surface area contributed by atoms with Crippen LogP contribution in [0.5, 0.6) is 0 Å². The van der Waals surface area contributed by atoms with Crippen LogP contribution in [0.25, 0.3) is 0 Å². The van der Waals surface area contributed by atoms with E-state index in [-0.39, 0.29) is 36.2 Å². The van der Waals surface area contributed by atoms with Gasteiger partial charge >= 0.3 is 12.3 Å². The molecule has 47 heavy (non-hydrogen) atoms. The lowest BCUT2D eigenvalue weighted by atomic mass is 9.58. The molecule has 12 heteroatoms. The van der Waals surface area contributed by atoms with Crippen molar-refractivity contribution in [2.24, 2.45) is 13.0 Å². The first-order valence-electron chi connectivity index (χ1n) is 15.7. The molecule has 1 aliphatic carbocycles. The van der Waals surface area contributed by atoms with E-state index in [4.69, 9.17) is 11.2 Å². The molecule has 0 unspecified atom stereocenters. The molecule has 0 bridgehead atoms. The fourth-order valence-corrected chi connectivity index (χ4v) is 6.79. The van der Waals surface area contributed by atoms with Crippen LogP contribution >= 0.6 is 0 Å². The molecular weight excluding hydrogens is 609 g/mol. The third-order valence-electron chi connectivity index (χ3n) is 8.69. The Morgan fingerprint density at radius 1 is 1.21 bits per heavy atom. The molecule has 250 valence electrons. The Hall–Kier alpha value is -4.37. The molecule has 3 aromatic rings. The first kappa shape index (κ1) is 34.0. The van der Waals surface area contributed by atoms with Gasteiger partial charge < -0.3 is 19.5 Å². The van der Waals surface area contributed by atoms with Crippen LogP contribution in [0.4, 0.5) is 23.7 Å². The Morgan fingerprint density at radius 3 is 2.57 bits per heavy atom. The SMILES string of the molecule is C#CCN(CCCNC(=O)OC(C)(C)C)Cc1cc2c(c(C(F)(F)F)c1)CN(c1cccc(C3(c4nncn4C)CC(C)C3)c1)C2=O. The number of benzene rings is 2. The second kappa shape index (κ2) is 13.0. The molecule has 0 spiro atoms. The molecule has 1 N–H and O–H groups in total. The summed E-state index contributed by atoms with van der Waals surface area (Å²) in [6.07, 6.45) is 4.22. The smallest absolute Gasteiger partial charge is 0.416 e. The number of alkyl carbamates (subject to hydrolysis) is 1. The molecule has 1 aliphatic heterocycles. The third-order valence-corrected chi connectivity index (χ3v) is 8.69. The van der Waals surface area contributed by atoms with Crippen LogP contribution in [0.3, 0.4) is 0 Å². The summed E-state index contributed by atoms with van der Waals surface area (Å²) in [5.74, 6) is 3.36. The van der Waals surface area contributed by atoms with E-state index in [1.165, 1.54) is 4.90 Å². The van der Waals surface area contributed by atoms with E-state index in [1.54, 1.807) is 39.2 Å². The first-order chi connectivity index (χ1) is 22.1. The van der Waals surface area contributed by atoms with Crippen molar-refractivity contribution in [2.45, 2.75) is 77.2 Å². The number of alkyl halides is 3. The summed E-state index contributed by atoms with van der Waals surface area (Å²) in [6, 6.07) is 10.2. The van der Waals surface area contributed by atoms with Crippen molar-refractivity contribution in [3.63, 3.8) is 0 Å². The second-order valence-electron chi connectivity index (χ2n) is 13.7. The maximum Gasteiger partial charge on any atom is 0.416 e. The van der Waals surface area contributed by atoms with Crippen LogP contribution in [0.15, 0.2) is 42.7 Å². The first-order valence-corrected chi connectivity index (χ1v) is 15.7. The van der Waals surface area contributed by atoms with Crippen molar-refractivity contribution in [3.05, 3.63) is 76.4 Å². The number of anilines is 1. The highest BCUT2D eigenvalue weighted by atomic mass is 19.4. The number of aromatic nitrogens is 3. The molecule has 2 aromatic carbocycles. The highest BCUT2D eigenvalue weighted by molar-refractivity contribution is 6.10. The zero-order valence-corrected chi connectivity index (χ0v) is 27.4. The normalized spacial score (nSPS) is 19.4. The van der Waals surface area contributed by atoms with Gasteiger partial charge in [-0.3, -0.25) is 9.69 Å². The zero-order chi connectivity index (χ0) is 34.1. The molecule has 1 fully saturated rings. The quantitative estimate of drug-likeness (QED) is 0.212. The summed E-state index contributed by atoms with van der Waals surface area (Å²) in [6.45, 7) is 8.28. The van der Waals surface area contributed by atoms with Gasteiger partial charge in [-0.1, -0.05) is 25.0 Å². The van der Waals surface area contributed by atoms with Gasteiger partial charge in [-0.05, 0) is 86.9 Å². The van der Waals surface area contributed by atoms with Gasteiger partial charge in [0.25, 0.3) is 5.91 Å². The molecule has 2 aliphatic rings. The number of ether oxygens (including phenoxy) is 1. The van der Waals surface area contributed by atoms with Gasteiger partial charge in [0.2, 0.25) is 0 Å². The molecule has 0 saturated heterocycles. The summed E-state index contributed by atoms with van der Waals surface area (Å²) in [5.41, 5.74) is -0.0266. The summed E-state index contributed by atoms with van der Waals surface area (Å²) >= 11 is 0. The number of aryl methyl sites for hydroxylation is 1. The average Bonchev–Trinajstić information content (AvgIpc) is 3.54. The fraction of sp³-hybridized carbons (Fsp3) is 0.486. The van der Waals surface area contributed by atoms with E-state index in [0.29, 0.717) is 36.7 Å². The van der Waals surface area contributed by atoms with Crippen LogP contribution in [0.2, 0.25) is 0 Å². The van der Waals surface area contributed by atoms with Gasteiger partial charge in [-0.2, -0.15) is 13.2 Å². The third kappa shape index (κ3) is 7.30. The standard InChI is InChI=1S/C35H41F3N6O3/c1-7-13-43(14-9-12-39-32(46)47-33(3,4)5)20-24-15-27-28(29(16-24)35(36,37)38)21-44(30(27)45)26-11-8-10-25(17-26)34(18-23(2)19-34)31-41-40-22-42(31)6/h1,8,10-11,15-17,22-23H,9,12-14,18-21H2,2-6H3,(H,39,46). The predicted molar refractivity (Wildman–Crippen MR) is 172 cm³/mol. The lowest BCUT2D eigenvalue weighted by Gasteiger charge is -2.46. The predicted octanol–water partition coefficient (Wildman–Crippen LogP) is 6.06. The Bertz CT molecular complexity index is 1680. The van der Waals surface area contributed by atoms with Crippen molar-refractivity contribution in [3.8, 4) is 12.3 Å². The molecular formula is C35H41F3N6O3. The van der Waals surface area contributed by atoms with E-state index < -0.39 is 29.3 Å². The number of carbonyl (C=O) groups excluding carboxylic acids is 2. The van der Waals surface area contributed by atoms with E-state index in [0.717, 1.165) is 30.3 Å². The highest BCUT2D eigenvalue weighted by Crippen LogP contribution is 2.52. The number of hydrogen-bond donors (Lipinski definition) is 1. The number of rotatable bonds is 10.